The maximum Gasteiger partial charge on any atom is 0.274 e. The van der Waals surface area contributed by atoms with Crippen molar-refractivity contribution in [3.05, 3.63) is 47.2 Å². The number of fused-ring (bicyclic) bond motifs is 1. The molecule has 0 unspecified atom stereocenters. The van der Waals surface area contributed by atoms with E-state index < -0.39 is 5.91 Å². The summed E-state index contributed by atoms with van der Waals surface area (Å²) >= 11 is 7.14. The second-order valence-electron chi connectivity index (χ2n) is 4.87. The highest BCUT2D eigenvalue weighted by molar-refractivity contribution is 7.99. The fourth-order valence-corrected chi connectivity index (χ4v) is 2.94. The number of carbonyl (C=O) groups is 2. The molecule has 2 heterocycles. The Hall–Kier alpha value is -2.25. The Labute approximate surface area is 141 Å². The van der Waals surface area contributed by atoms with Gasteiger partial charge in [0.15, 0.2) is 5.16 Å². The van der Waals surface area contributed by atoms with Crippen LogP contribution in [0.1, 0.15) is 10.5 Å². The van der Waals surface area contributed by atoms with Crippen LogP contribution >= 0.6 is 23.4 Å². The van der Waals surface area contributed by atoms with Crippen molar-refractivity contribution in [2.24, 2.45) is 7.05 Å². The number of halogens is 1. The Balaban J connectivity index is 1.59. The summed E-state index contributed by atoms with van der Waals surface area (Å²) in [6.07, 6.45) is 1.74. The minimum Gasteiger partial charge on any atom is -0.347 e. The highest BCUT2D eigenvalue weighted by Crippen LogP contribution is 2.22. The number of rotatable bonds is 4. The molecule has 0 saturated heterocycles. The van der Waals surface area contributed by atoms with Gasteiger partial charge in [-0.3, -0.25) is 14.9 Å². The van der Waals surface area contributed by atoms with Crippen LogP contribution in [0.3, 0.4) is 0 Å². The number of nitrogens with one attached hydrogen (secondary N) is 2. The Morgan fingerprint density at radius 2 is 2.22 bits per heavy atom. The molecule has 0 spiro atoms. The third-order valence-electron chi connectivity index (χ3n) is 3.19. The molecule has 2 aromatic heterocycles. The molecule has 0 bridgehead atoms. The van der Waals surface area contributed by atoms with Crippen LogP contribution in [0.25, 0.3) is 11.0 Å². The van der Waals surface area contributed by atoms with Crippen LogP contribution in [-0.2, 0) is 11.8 Å². The number of thioether (sulfide) groups is 1. The normalized spacial score (nSPS) is 10.9. The Kier molecular flexibility index (Phi) is 4.40. The molecule has 8 heteroatoms. The molecule has 3 rings (SSSR count). The van der Waals surface area contributed by atoms with E-state index in [1.165, 1.54) is 11.8 Å². The molecule has 6 nitrogen and oxygen atoms in total. The summed E-state index contributed by atoms with van der Waals surface area (Å²) in [4.78, 5) is 31.2. The lowest BCUT2D eigenvalue weighted by molar-refractivity contribution is -0.117. The van der Waals surface area contributed by atoms with Crippen LogP contribution in [0.4, 0.5) is 0 Å². The Morgan fingerprint density at radius 3 is 2.96 bits per heavy atom. The Morgan fingerprint density at radius 1 is 1.39 bits per heavy atom. The number of aromatic amines is 1. The number of aromatic nitrogens is 3. The number of carbonyl (C=O) groups excluding carboxylic acids is 2. The van der Waals surface area contributed by atoms with Gasteiger partial charge in [0.05, 0.1) is 16.8 Å². The number of benzene rings is 1. The fourth-order valence-electron chi connectivity index (χ4n) is 2.08. The minimum absolute atomic E-state index is 0.0870. The number of hydrogen-bond acceptors (Lipinski definition) is 4. The fraction of sp³-hybridized carbons (Fsp3) is 0.133. The topological polar surface area (TPSA) is 79.8 Å². The summed E-state index contributed by atoms with van der Waals surface area (Å²) in [5, 5.41) is 3.57. The van der Waals surface area contributed by atoms with E-state index in [0.29, 0.717) is 15.9 Å². The van der Waals surface area contributed by atoms with Crippen LogP contribution < -0.4 is 5.32 Å². The first-order valence-corrected chi connectivity index (χ1v) is 8.13. The van der Waals surface area contributed by atoms with Gasteiger partial charge in [-0.2, -0.15) is 0 Å². The number of imide groups is 1. The lowest BCUT2D eigenvalue weighted by Crippen LogP contribution is -2.32. The van der Waals surface area contributed by atoms with E-state index in [9.17, 15) is 9.59 Å². The van der Waals surface area contributed by atoms with Gasteiger partial charge in [-0.1, -0.05) is 23.4 Å². The van der Waals surface area contributed by atoms with Gasteiger partial charge in [0.2, 0.25) is 5.91 Å². The van der Waals surface area contributed by atoms with Gasteiger partial charge < -0.3 is 9.55 Å². The van der Waals surface area contributed by atoms with E-state index in [0.717, 1.165) is 11.0 Å². The highest BCUT2D eigenvalue weighted by Gasteiger charge is 2.13. The summed E-state index contributed by atoms with van der Waals surface area (Å²) in [6, 6.07) is 8.72. The zero-order valence-corrected chi connectivity index (χ0v) is 13.7. The second-order valence-corrected chi connectivity index (χ2v) is 6.27. The molecule has 23 heavy (non-hydrogen) atoms. The average Bonchev–Trinajstić information content (AvgIpc) is 3.10. The van der Waals surface area contributed by atoms with Gasteiger partial charge >= 0.3 is 0 Å². The van der Waals surface area contributed by atoms with E-state index in [-0.39, 0.29) is 11.7 Å². The summed E-state index contributed by atoms with van der Waals surface area (Å²) in [5.41, 5.74) is 2.01. The van der Waals surface area contributed by atoms with Gasteiger partial charge in [0.1, 0.15) is 5.69 Å². The standard InChI is InChI=1S/C15H13ClN4O2S/c1-20-6-2-3-12(20)14(22)19-13(21)8-23-15-17-10-5-4-9(16)7-11(10)18-15/h2-7H,8H2,1H3,(H,17,18)(H,19,21,22). The molecular formula is C15H13ClN4O2S. The van der Waals surface area contributed by atoms with E-state index in [2.05, 4.69) is 15.3 Å². The van der Waals surface area contributed by atoms with Crippen molar-refractivity contribution in [3.63, 3.8) is 0 Å². The first kappa shape index (κ1) is 15.6. The van der Waals surface area contributed by atoms with Crippen LogP contribution in [-0.4, -0.2) is 32.1 Å². The lowest BCUT2D eigenvalue weighted by atomic mass is 10.3. The van der Waals surface area contributed by atoms with Crippen LogP contribution in [0.15, 0.2) is 41.7 Å². The molecule has 0 fully saturated rings. The summed E-state index contributed by atoms with van der Waals surface area (Å²) in [5.74, 6) is -0.705. The quantitative estimate of drug-likeness (QED) is 0.710. The first-order chi connectivity index (χ1) is 11.0. The predicted octanol–water partition coefficient (Wildman–Crippen LogP) is 2.60. The van der Waals surface area contributed by atoms with Crippen molar-refractivity contribution in [1.82, 2.24) is 19.9 Å². The molecule has 0 atom stereocenters. The van der Waals surface area contributed by atoms with Crippen LogP contribution in [0, 0.1) is 0 Å². The third kappa shape index (κ3) is 3.57. The summed E-state index contributed by atoms with van der Waals surface area (Å²) in [6.45, 7) is 0. The van der Waals surface area contributed by atoms with Gasteiger partial charge in [-0.25, -0.2) is 4.98 Å². The largest absolute Gasteiger partial charge is 0.347 e. The van der Waals surface area contributed by atoms with Crippen molar-refractivity contribution in [2.75, 3.05) is 5.75 Å². The Bertz CT molecular complexity index is 887. The van der Waals surface area contributed by atoms with Gasteiger partial charge in [0.25, 0.3) is 5.91 Å². The molecule has 2 amide bonds. The monoisotopic (exact) mass is 348 g/mol. The van der Waals surface area contributed by atoms with E-state index in [1.54, 1.807) is 48.1 Å². The number of amides is 2. The second kappa shape index (κ2) is 6.47. The number of H-pyrrole nitrogens is 1. The number of nitrogens with zero attached hydrogens (tertiary/aromatic N) is 2. The third-order valence-corrected chi connectivity index (χ3v) is 4.30. The number of imidazole rings is 1. The molecule has 0 saturated carbocycles. The lowest BCUT2D eigenvalue weighted by Gasteiger charge is -2.04. The van der Waals surface area contributed by atoms with E-state index in [1.807, 2.05) is 0 Å². The zero-order chi connectivity index (χ0) is 16.4. The molecular weight excluding hydrogens is 336 g/mol. The number of hydrogen-bond donors (Lipinski definition) is 2. The van der Waals surface area contributed by atoms with E-state index >= 15 is 0 Å². The van der Waals surface area contributed by atoms with Gasteiger partial charge in [-0.05, 0) is 30.3 Å². The van der Waals surface area contributed by atoms with Crippen molar-refractivity contribution in [3.8, 4) is 0 Å². The zero-order valence-electron chi connectivity index (χ0n) is 12.2. The molecule has 1 aromatic carbocycles. The van der Waals surface area contributed by atoms with Crippen molar-refractivity contribution in [2.45, 2.75) is 5.16 Å². The highest BCUT2D eigenvalue weighted by atomic mass is 35.5. The smallest absolute Gasteiger partial charge is 0.274 e. The van der Waals surface area contributed by atoms with Gasteiger partial charge in [0, 0.05) is 18.3 Å². The van der Waals surface area contributed by atoms with Crippen LogP contribution in [0.2, 0.25) is 5.02 Å². The van der Waals surface area contributed by atoms with Crippen LogP contribution in [0.5, 0.6) is 0 Å². The summed E-state index contributed by atoms with van der Waals surface area (Å²) < 4.78 is 1.65. The number of aryl methyl sites for hydroxylation is 1. The molecule has 3 aromatic rings. The van der Waals surface area contributed by atoms with Gasteiger partial charge in [-0.15, -0.1) is 0 Å². The molecule has 0 radical (unpaired) electrons. The molecule has 0 aliphatic heterocycles. The van der Waals surface area contributed by atoms with Crippen molar-refractivity contribution >= 4 is 46.2 Å². The van der Waals surface area contributed by atoms with E-state index in [4.69, 9.17) is 11.6 Å². The minimum atomic E-state index is -0.417. The molecule has 2 N–H and O–H groups in total. The summed E-state index contributed by atoms with van der Waals surface area (Å²) in [7, 11) is 1.74. The SMILES string of the molecule is Cn1cccc1C(=O)NC(=O)CSc1nc2ccc(Cl)cc2[nH]1. The molecule has 0 aliphatic carbocycles. The maximum atomic E-state index is 11.9. The first-order valence-electron chi connectivity index (χ1n) is 6.76. The van der Waals surface area contributed by atoms with Crippen molar-refractivity contribution in [1.29, 1.82) is 0 Å². The molecule has 118 valence electrons. The predicted molar refractivity (Wildman–Crippen MR) is 89.7 cm³/mol. The van der Waals surface area contributed by atoms with Crippen molar-refractivity contribution < 1.29 is 9.59 Å². The average molecular weight is 349 g/mol. The molecule has 0 aliphatic rings. The maximum absolute atomic E-state index is 11.9.